The van der Waals surface area contributed by atoms with Crippen molar-refractivity contribution in [2.24, 2.45) is 0 Å². The van der Waals surface area contributed by atoms with Crippen LogP contribution in [0.2, 0.25) is 0 Å². The lowest BCUT2D eigenvalue weighted by molar-refractivity contribution is -0.149. The molecule has 3 N–H and O–H groups in total. The van der Waals surface area contributed by atoms with Gasteiger partial charge in [-0.3, -0.25) is 23.7 Å². The molecule has 0 spiro atoms. The molecule has 3 unspecified atom stereocenters. The summed E-state index contributed by atoms with van der Waals surface area (Å²) in [5.41, 5.74) is -4.12. The molecule has 0 radical (unpaired) electrons. The second-order valence-corrected chi connectivity index (χ2v) is 10.4. The van der Waals surface area contributed by atoms with Crippen LogP contribution in [0.3, 0.4) is 0 Å². The molecule has 2 heterocycles. The fraction of sp³-hybridized carbons (Fsp3) is 0.500. The summed E-state index contributed by atoms with van der Waals surface area (Å²) in [5, 5.41) is 13.0. The van der Waals surface area contributed by atoms with Gasteiger partial charge in [-0.05, 0) is 39.8 Å². The highest BCUT2D eigenvalue weighted by molar-refractivity contribution is 7.52. The van der Waals surface area contributed by atoms with Crippen LogP contribution in [-0.4, -0.2) is 57.3 Å². The first-order valence-electron chi connectivity index (χ1n) is 11.1. The molecule has 1 aromatic carbocycles. The number of aliphatic hydroxyl groups is 1. The molecule has 198 valence electrons. The molecule has 1 saturated heterocycles. The van der Waals surface area contributed by atoms with Crippen molar-refractivity contribution in [2.75, 3.05) is 6.61 Å². The minimum atomic E-state index is -4.30. The van der Waals surface area contributed by atoms with E-state index in [1.807, 2.05) is 4.98 Å². The number of aromatic amines is 1. The van der Waals surface area contributed by atoms with Gasteiger partial charge in [-0.15, -0.1) is 0 Å². The number of alkyl halides is 1. The van der Waals surface area contributed by atoms with E-state index in [9.17, 15) is 24.1 Å². The second kappa shape index (κ2) is 11.1. The van der Waals surface area contributed by atoms with Crippen molar-refractivity contribution < 1.29 is 37.4 Å². The van der Waals surface area contributed by atoms with Crippen LogP contribution in [0.5, 0.6) is 5.75 Å². The molecule has 1 fully saturated rings. The molecule has 1 aliphatic heterocycles. The summed E-state index contributed by atoms with van der Waals surface area (Å²) in [6.07, 6.45) is -4.21. The van der Waals surface area contributed by atoms with Crippen molar-refractivity contribution in [3.8, 4) is 5.75 Å². The molecule has 2 aromatic rings. The normalized spacial score (nSPS) is 26.4. The van der Waals surface area contributed by atoms with Gasteiger partial charge < -0.3 is 19.1 Å². The molecule has 3 rings (SSSR count). The van der Waals surface area contributed by atoms with E-state index >= 15 is 4.39 Å². The minimum absolute atomic E-state index is 0.152. The first kappa shape index (κ1) is 27.8. The standard InChI is InChI=1S/C22H29FN3O9P/c1-13(2)33-19(29)14(3)25-36(31,35-15-8-6-5-7-9-15)32-12-16-18(28)22(4,23)20(34-16)26-11-10-17(27)24-21(26)30/h5-11,13-14,16,18,20,28H,12H2,1-4H3,(H,25,31)(H,24,27,30)/t14-,16?,18+,20?,22+,36?/m0/s1. The van der Waals surface area contributed by atoms with Crippen LogP contribution < -0.4 is 20.9 Å². The molecule has 1 aromatic heterocycles. The van der Waals surface area contributed by atoms with Gasteiger partial charge in [0.2, 0.25) is 0 Å². The third kappa shape index (κ3) is 6.48. The maximum atomic E-state index is 15.4. The number of benzene rings is 1. The highest BCUT2D eigenvalue weighted by Gasteiger charge is 2.55. The summed E-state index contributed by atoms with van der Waals surface area (Å²) in [5.74, 6) is -0.560. The Kier molecular flexibility index (Phi) is 8.52. The van der Waals surface area contributed by atoms with Crippen molar-refractivity contribution in [2.45, 2.75) is 63.9 Å². The number of aromatic nitrogens is 2. The van der Waals surface area contributed by atoms with Gasteiger partial charge in [0.15, 0.2) is 11.9 Å². The summed E-state index contributed by atoms with van der Waals surface area (Å²) in [6, 6.07) is 7.86. The number of nitrogens with one attached hydrogen (secondary N) is 2. The van der Waals surface area contributed by atoms with Gasteiger partial charge in [0.1, 0.15) is 24.0 Å². The highest BCUT2D eigenvalue weighted by atomic mass is 31.2. The van der Waals surface area contributed by atoms with Gasteiger partial charge in [-0.1, -0.05) is 18.2 Å². The topological polar surface area (TPSA) is 158 Å². The maximum absolute atomic E-state index is 15.4. The van der Waals surface area contributed by atoms with E-state index in [-0.39, 0.29) is 5.75 Å². The van der Waals surface area contributed by atoms with E-state index in [2.05, 4.69) is 5.09 Å². The minimum Gasteiger partial charge on any atom is -0.462 e. The van der Waals surface area contributed by atoms with E-state index in [1.165, 1.54) is 19.1 Å². The van der Waals surface area contributed by atoms with E-state index in [1.54, 1.807) is 32.0 Å². The molecular weight excluding hydrogens is 500 g/mol. The van der Waals surface area contributed by atoms with Crippen LogP contribution in [-0.2, 0) is 23.4 Å². The molecule has 14 heteroatoms. The number of hydrogen-bond acceptors (Lipinski definition) is 9. The van der Waals surface area contributed by atoms with Gasteiger partial charge in [-0.2, -0.15) is 5.09 Å². The monoisotopic (exact) mass is 529 g/mol. The SMILES string of the molecule is CC(C)OC(=O)[C@H](C)NP(=O)(OCC1OC(n2ccc(=O)[nH]c2=O)[C@](C)(F)[C@@H]1O)Oc1ccccc1. The Morgan fingerprint density at radius 3 is 2.56 bits per heavy atom. The number of carbonyl (C=O) groups is 1. The Labute approximate surface area is 205 Å². The smallest absolute Gasteiger partial charge is 0.459 e. The number of H-pyrrole nitrogens is 1. The molecule has 0 amide bonds. The number of halogens is 1. The van der Waals surface area contributed by atoms with Crippen LogP contribution in [0.1, 0.15) is 33.9 Å². The van der Waals surface area contributed by atoms with Gasteiger partial charge in [0, 0.05) is 12.3 Å². The van der Waals surface area contributed by atoms with E-state index in [0.29, 0.717) is 0 Å². The van der Waals surface area contributed by atoms with Gasteiger partial charge in [0.05, 0.1) is 12.7 Å². The fourth-order valence-corrected chi connectivity index (χ4v) is 4.97. The lowest BCUT2D eigenvalue weighted by atomic mass is 9.98. The quantitative estimate of drug-likeness (QED) is 0.305. The lowest BCUT2D eigenvalue weighted by Gasteiger charge is -2.25. The van der Waals surface area contributed by atoms with Crippen molar-refractivity contribution in [1.29, 1.82) is 0 Å². The Bertz CT molecular complexity index is 1220. The summed E-state index contributed by atoms with van der Waals surface area (Å²) in [7, 11) is -4.30. The molecule has 0 saturated carbocycles. The fourth-order valence-electron chi connectivity index (χ4n) is 3.47. The maximum Gasteiger partial charge on any atom is 0.459 e. The molecule has 36 heavy (non-hydrogen) atoms. The molecular formula is C22H29FN3O9P. The summed E-state index contributed by atoms with van der Waals surface area (Å²) >= 11 is 0. The Balaban J connectivity index is 1.80. The van der Waals surface area contributed by atoms with Crippen molar-refractivity contribution in [3.05, 3.63) is 63.4 Å². The number of aliphatic hydroxyl groups excluding tert-OH is 1. The molecule has 6 atom stereocenters. The van der Waals surface area contributed by atoms with Crippen LogP contribution >= 0.6 is 7.75 Å². The Morgan fingerprint density at radius 2 is 1.94 bits per heavy atom. The Hall–Kier alpha value is -2.83. The summed E-state index contributed by atoms with van der Waals surface area (Å²) in [4.78, 5) is 37.7. The van der Waals surface area contributed by atoms with Crippen LogP contribution in [0.15, 0.2) is 52.2 Å². The first-order chi connectivity index (χ1) is 16.8. The number of para-hydroxylation sites is 1. The average molecular weight is 529 g/mol. The lowest BCUT2D eigenvalue weighted by Crippen LogP contribution is -2.43. The zero-order valence-electron chi connectivity index (χ0n) is 20.1. The van der Waals surface area contributed by atoms with Gasteiger partial charge >= 0.3 is 19.4 Å². The van der Waals surface area contributed by atoms with Gasteiger partial charge in [0.25, 0.3) is 5.56 Å². The van der Waals surface area contributed by atoms with Crippen molar-refractivity contribution >= 4 is 13.7 Å². The van der Waals surface area contributed by atoms with Crippen LogP contribution in [0.4, 0.5) is 4.39 Å². The summed E-state index contributed by atoms with van der Waals surface area (Å²) < 4.78 is 51.4. The number of nitrogens with zero attached hydrogens (tertiary/aromatic N) is 1. The highest BCUT2D eigenvalue weighted by Crippen LogP contribution is 2.47. The van der Waals surface area contributed by atoms with Crippen LogP contribution in [0, 0.1) is 0 Å². The van der Waals surface area contributed by atoms with Crippen molar-refractivity contribution in [1.82, 2.24) is 14.6 Å². The second-order valence-electron chi connectivity index (χ2n) is 8.67. The number of rotatable bonds is 10. The zero-order chi connectivity index (χ0) is 26.7. The molecule has 12 nitrogen and oxygen atoms in total. The Morgan fingerprint density at radius 1 is 1.28 bits per heavy atom. The largest absolute Gasteiger partial charge is 0.462 e. The molecule has 0 aliphatic carbocycles. The third-order valence-electron chi connectivity index (χ3n) is 5.26. The average Bonchev–Trinajstić information content (AvgIpc) is 3.01. The van der Waals surface area contributed by atoms with Crippen molar-refractivity contribution in [3.63, 3.8) is 0 Å². The van der Waals surface area contributed by atoms with E-state index in [0.717, 1.165) is 23.8 Å². The number of esters is 1. The third-order valence-corrected chi connectivity index (χ3v) is 6.90. The first-order valence-corrected chi connectivity index (χ1v) is 12.7. The molecule has 1 aliphatic rings. The predicted octanol–water partition coefficient (Wildman–Crippen LogP) is 1.66. The van der Waals surface area contributed by atoms with E-state index in [4.69, 9.17) is 18.5 Å². The number of ether oxygens (including phenoxy) is 2. The zero-order valence-corrected chi connectivity index (χ0v) is 21.0. The van der Waals surface area contributed by atoms with E-state index < -0.39 is 67.8 Å². The van der Waals surface area contributed by atoms with Gasteiger partial charge in [-0.25, -0.2) is 13.8 Å². The number of carbonyl (C=O) groups excluding carboxylic acids is 1. The van der Waals surface area contributed by atoms with Crippen LogP contribution in [0.25, 0.3) is 0 Å². The predicted molar refractivity (Wildman–Crippen MR) is 125 cm³/mol. The summed E-state index contributed by atoms with van der Waals surface area (Å²) in [6.45, 7) is 5.07. The number of hydrogen-bond donors (Lipinski definition) is 3. The molecule has 0 bridgehead atoms.